The summed E-state index contributed by atoms with van der Waals surface area (Å²) in [4.78, 5) is 10.6. The van der Waals surface area contributed by atoms with E-state index in [0.717, 1.165) is 42.1 Å². The van der Waals surface area contributed by atoms with E-state index >= 15 is 0 Å². The third kappa shape index (κ3) is 7.91. The van der Waals surface area contributed by atoms with Crippen molar-refractivity contribution in [2.75, 3.05) is 0 Å². The van der Waals surface area contributed by atoms with E-state index < -0.39 is 0 Å². The standard InChI is InChI=1S/C30H43BrN2/c1-12-25(32-27-21(4)13-19(2)14-22(27)5)26(17-29(8,9)18-30(10,11)31)33-28-23(6)15-20(3)16-24(28)7/h13-16H,12,17-18H2,1-11H3. The molecule has 0 fully saturated rings. The van der Waals surface area contributed by atoms with Crippen molar-refractivity contribution < 1.29 is 0 Å². The van der Waals surface area contributed by atoms with Crippen LogP contribution in [0.3, 0.4) is 0 Å². The lowest BCUT2D eigenvalue weighted by Gasteiger charge is -2.32. The minimum Gasteiger partial charge on any atom is -0.251 e. The van der Waals surface area contributed by atoms with E-state index in [4.69, 9.17) is 9.98 Å². The highest BCUT2D eigenvalue weighted by Gasteiger charge is 2.29. The van der Waals surface area contributed by atoms with Gasteiger partial charge in [-0.25, -0.2) is 0 Å². The number of hydrogen-bond acceptors (Lipinski definition) is 2. The van der Waals surface area contributed by atoms with Gasteiger partial charge >= 0.3 is 0 Å². The molecule has 0 amide bonds. The Morgan fingerprint density at radius 1 is 0.697 bits per heavy atom. The lowest BCUT2D eigenvalue weighted by molar-refractivity contribution is 0.320. The van der Waals surface area contributed by atoms with Crippen LogP contribution >= 0.6 is 15.9 Å². The van der Waals surface area contributed by atoms with Gasteiger partial charge in [0.25, 0.3) is 0 Å². The first-order valence-corrected chi connectivity index (χ1v) is 12.9. The van der Waals surface area contributed by atoms with Gasteiger partial charge in [-0.15, -0.1) is 0 Å². The van der Waals surface area contributed by atoms with Gasteiger partial charge in [0, 0.05) is 4.32 Å². The fraction of sp³-hybridized carbons (Fsp3) is 0.533. The predicted octanol–water partition coefficient (Wildman–Crippen LogP) is 9.77. The Bertz CT molecular complexity index is 1020. The molecule has 0 bridgehead atoms. The molecule has 0 saturated carbocycles. The monoisotopic (exact) mass is 510 g/mol. The summed E-state index contributed by atoms with van der Waals surface area (Å²) in [6.45, 7) is 24.3. The molecule has 2 nitrogen and oxygen atoms in total. The third-order valence-corrected chi connectivity index (χ3v) is 6.26. The molecule has 0 heterocycles. The Kier molecular flexibility index (Phi) is 8.90. The summed E-state index contributed by atoms with van der Waals surface area (Å²) < 4.78 is 0.0744. The van der Waals surface area contributed by atoms with Gasteiger partial charge in [-0.1, -0.05) is 85.9 Å². The Morgan fingerprint density at radius 3 is 1.39 bits per heavy atom. The van der Waals surface area contributed by atoms with Crippen molar-refractivity contribution in [1.29, 1.82) is 0 Å². The van der Waals surface area contributed by atoms with Crippen LogP contribution in [-0.2, 0) is 0 Å². The van der Waals surface area contributed by atoms with Gasteiger partial charge in [0.2, 0.25) is 0 Å². The number of alkyl halides is 1. The van der Waals surface area contributed by atoms with E-state index in [9.17, 15) is 0 Å². The van der Waals surface area contributed by atoms with E-state index in [1.165, 1.54) is 33.4 Å². The van der Waals surface area contributed by atoms with Gasteiger partial charge in [0.1, 0.15) is 0 Å². The van der Waals surface area contributed by atoms with E-state index in [1.807, 2.05) is 0 Å². The first kappa shape index (κ1) is 27.5. The van der Waals surface area contributed by atoms with Gasteiger partial charge in [-0.05, 0) is 88.5 Å². The maximum absolute atomic E-state index is 5.33. The van der Waals surface area contributed by atoms with E-state index in [1.54, 1.807) is 0 Å². The summed E-state index contributed by atoms with van der Waals surface area (Å²) in [5.41, 5.74) is 11.9. The van der Waals surface area contributed by atoms with Crippen LogP contribution in [-0.4, -0.2) is 15.7 Å². The molecule has 0 N–H and O–H groups in total. The molecule has 2 rings (SSSR count). The average Bonchev–Trinajstić information content (AvgIpc) is 2.61. The van der Waals surface area contributed by atoms with E-state index in [-0.39, 0.29) is 9.74 Å². The Labute approximate surface area is 211 Å². The fourth-order valence-electron chi connectivity index (χ4n) is 5.17. The lowest BCUT2D eigenvalue weighted by atomic mass is 9.78. The van der Waals surface area contributed by atoms with Crippen LogP contribution in [0.2, 0.25) is 0 Å². The maximum Gasteiger partial charge on any atom is 0.0692 e. The fourth-order valence-corrected chi connectivity index (χ4v) is 5.93. The number of benzene rings is 2. The molecule has 0 aliphatic carbocycles. The summed E-state index contributed by atoms with van der Waals surface area (Å²) >= 11 is 3.87. The van der Waals surface area contributed by atoms with Gasteiger partial charge in [0.15, 0.2) is 0 Å². The van der Waals surface area contributed by atoms with Crippen molar-refractivity contribution in [2.45, 2.75) is 99.7 Å². The zero-order valence-corrected chi connectivity index (χ0v) is 24.3. The zero-order chi connectivity index (χ0) is 25.1. The molecule has 0 aliphatic rings. The smallest absolute Gasteiger partial charge is 0.0692 e. The van der Waals surface area contributed by atoms with Crippen molar-refractivity contribution in [3.8, 4) is 0 Å². The largest absolute Gasteiger partial charge is 0.251 e. The first-order chi connectivity index (χ1) is 15.1. The number of aliphatic imine (C=N–C) groups is 2. The summed E-state index contributed by atoms with van der Waals surface area (Å²) in [6, 6.07) is 8.91. The van der Waals surface area contributed by atoms with Crippen LogP contribution in [0.15, 0.2) is 34.3 Å². The van der Waals surface area contributed by atoms with Gasteiger partial charge in [-0.2, -0.15) is 0 Å². The number of rotatable bonds is 8. The summed E-state index contributed by atoms with van der Waals surface area (Å²) in [5, 5.41) is 0. The second-order valence-electron chi connectivity index (χ2n) is 11.2. The first-order valence-electron chi connectivity index (χ1n) is 12.1. The SMILES string of the molecule is CCC(=Nc1c(C)cc(C)cc1C)C(CC(C)(C)CC(C)(C)Br)=Nc1c(C)cc(C)cc1C. The van der Waals surface area contributed by atoms with Crippen LogP contribution in [0.25, 0.3) is 0 Å². The molecule has 2 aromatic rings. The molecular formula is C30H43BrN2. The van der Waals surface area contributed by atoms with Crippen LogP contribution < -0.4 is 0 Å². The Balaban J connectivity index is 2.70. The van der Waals surface area contributed by atoms with Crippen molar-refractivity contribution in [3.05, 3.63) is 57.6 Å². The van der Waals surface area contributed by atoms with Crippen LogP contribution in [0.4, 0.5) is 11.4 Å². The van der Waals surface area contributed by atoms with Crippen molar-refractivity contribution >= 4 is 38.7 Å². The highest BCUT2D eigenvalue weighted by Crippen LogP contribution is 2.38. The lowest BCUT2D eigenvalue weighted by Crippen LogP contribution is -2.28. The number of nitrogens with zero attached hydrogens (tertiary/aromatic N) is 2. The second-order valence-corrected chi connectivity index (χ2v) is 13.3. The van der Waals surface area contributed by atoms with Crippen molar-refractivity contribution in [2.24, 2.45) is 15.4 Å². The molecule has 3 heteroatoms. The topological polar surface area (TPSA) is 24.7 Å². The summed E-state index contributed by atoms with van der Waals surface area (Å²) in [7, 11) is 0. The number of aryl methyl sites for hydroxylation is 6. The molecule has 0 spiro atoms. The molecule has 0 saturated heterocycles. The Hall–Kier alpha value is -1.74. The summed E-state index contributed by atoms with van der Waals surface area (Å²) in [6.07, 6.45) is 2.78. The van der Waals surface area contributed by atoms with Crippen LogP contribution in [0, 0.1) is 47.0 Å². The van der Waals surface area contributed by atoms with Gasteiger partial charge < -0.3 is 0 Å². The quantitative estimate of drug-likeness (QED) is 0.249. The normalized spacial score (nSPS) is 13.6. The van der Waals surface area contributed by atoms with E-state index in [0.29, 0.717) is 0 Å². The van der Waals surface area contributed by atoms with E-state index in [2.05, 4.69) is 116 Å². The van der Waals surface area contributed by atoms with Gasteiger partial charge in [0.05, 0.1) is 22.8 Å². The predicted molar refractivity (Wildman–Crippen MR) is 152 cm³/mol. The zero-order valence-electron chi connectivity index (χ0n) is 22.7. The number of hydrogen-bond donors (Lipinski definition) is 0. The molecule has 0 unspecified atom stereocenters. The molecule has 0 radical (unpaired) electrons. The van der Waals surface area contributed by atoms with Gasteiger partial charge in [-0.3, -0.25) is 9.98 Å². The van der Waals surface area contributed by atoms with Crippen LogP contribution in [0.5, 0.6) is 0 Å². The maximum atomic E-state index is 5.33. The highest BCUT2D eigenvalue weighted by molar-refractivity contribution is 9.10. The average molecular weight is 512 g/mol. The van der Waals surface area contributed by atoms with Crippen molar-refractivity contribution in [3.63, 3.8) is 0 Å². The molecule has 0 atom stereocenters. The third-order valence-electron chi connectivity index (χ3n) is 5.98. The molecule has 180 valence electrons. The molecular weight excluding hydrogens is 468 g/mol. The van der Waals surface area contributed by atoms with Crippen LogP contribution in [0.1, 0.15) is 87.3 Å². The van der Waals surface area contributed by atoms with Crippen molar-refractivity contribution in [1.82, 2.24) is 0 Å². The summed E-state index contributed by atoms with van der Waals surface area (Å²) in [5.74, 6) is 0. The minimum atomic E-state index is 0.0744. The Morgan fingerprint density at radius 2 is 1.06 bits per heavy atom. The second kappa shape index (κ2) is 10.7. The molecule has 0 aliphatic heterocycles. The molecule has 2 aromatic carbocycles. The molecule has 0 aromatic heterocycles. The number of halogens is 1. The molecule has 33 heavy (non-hydrogen) atoms. The minimum absolute atomic E-state index is 0.0744. The highest BCUT2D eigenvalue weighted by atomic mass is 79.9.